The highest BCUT2D eigenvalue weighted by Crippen LogP contribution is 2.68. The van der Waals surface area contributed by atoms with Crippen LogP contribution in [0.5, 0.6) is 0 Å². The van der Waals surface area contributed by atoms with E-state index in [9.17, 15) is 13.2 Å². The Bertz CT molecular complexity index is 974. The smallest absolute Gasteiger partial charge is 0.383 e. The maximum absolute atomic E-state index is 13.3. The predicted octanol–water partition coefficient (Wildman–Crippen LogP) is 3.71. The number of halogens is 3. The quantitative estimate of drug-likeness (QED) is 0.776. The van der Waals surface area contributed by atoms with Crippen molar-refractivity contribution in [3.8, 4) is 11.3 Å². The largest absolute Gasteiger partial charge is 0.419 e. The zero-order valence-corrected chi connectivity index (χ0v) is 17.9. The third kappa shape index (κ3) is 3.33. The molecule has 4 aliphatic rings. The second-order valence-electron chi connectivity index (χ2n) is 9.74. The molecule has 31 heavy (non-hydrogen) atoms. The number of nitrogen functional groups attached to an aromatic ring is 1. The molecule has 6 nitrogen and oxygen atoms in total. The van der Waals surface area contributed by atoms with Crippen LogP contribution in [0.1, 0.15) is 44.5 Å². The SMILES string of the molecule is CC(C)Cc1nc(-c2cnc(N)c(C(F)(F)F)c2)cn1C12CC(N3CCOCC3)(C1)C2. The monoisotopic (exact) mass is 435 g/mol. The van der Waals surface area contributed by atoms with Crippen LogP contribution in [-0.4, -0.2) is 51.3 Å². The Morgan fingerprint density at radius 2 is 1.84 bits per heavy atom. The highest BCUT2D eigenvalue weighted by Gasteiger charge is 2.71. The van der Waals surface area contributed by atoms with E-state index >= 15 is 0 Å². The van der Waals surface area contributed by atoms with E-state index in [-0.39, 0.29) is 11.1 Å². The van der Waals surface area contributed by atoms with Crippen LogP contribution in [0, 0.1) is 5.92 Å². The van der Waals surface area contributed by atoms with Gasteiger partial charge in [0.05, 0.1) is 30.0 Å². The van der Waals surface area contributed by atoms with Crippen LogP contribution < -0.4 is 5.73 Å². The molecule has 3 saturated carbocycles. The average molecular weight is 435 g/mol. The first kappa shape index (κ1) is 20.8. The molecule has 0 radical (unpaired) electrons. The van der Waals surface area contributed by atoms with E-state index in [2.05, 4.69) is 28.3 Å². The first-order valence-corrected chi connectivity index (χ1v) is 10.9. The third-order valence-electron chi connectivity index (χ3n) is 7.06. The molecule has 3 aliphatic carbocycles. The number of anilines is 1. The number of hydrogen-bond acceptors (Lipinski definition) is 5. The number of ether oxygens (including phenoxy) is 1. The number of rotatable bonds is 5. The lowest BCUT2D eigenvalue weighted by atomic mass is 9.43. The molecule has 0 amide bonds. The van der Waals surface area contributed by atoms with E-state index in [1.807, 2.05) is 6.20 Å². The number of aromatic nitrogens is 3. The maximum Gasteiger partial charge on any atom is 0.419 e. The van der Waals surface area contributed by atoms with Crippen LogP contribution in [-0.2, 0) is 22.9 Å². The van der Waals surface area contributed by atoms with Crippen molar-refractivity contribution >= 4 is 5.82 Å². The van der Waals surface area contributed by atoms with Gasteiger partial charge in [0.25, 0.3) is 0 Å². The minimum Gasteiger partial charge on any atom is -0.383 e. The summed E-state index contributed by atoms with van der Waals surface area (Å²) < 4.78 is 47.7. The first-order valence-electron chi connectivity index (χ1n) is 10.9. The minimum atomic E-state index is -4.55. The topological polar surface area (TPSA) is 69.2 Å². The van der Waals surface area contributed by atoms with Gasteiger partial charge in [0.15, 0.2) is 0 Å². The summed E-state index contributed by atoms with van der Waals surface area (Å²) in [5, 5.41) is 0. The van der Waals surface area contributed by atoms with Crippen molar-refractivity contribution in [3.63, 3.8) is 0 Å². The number of alkyl halides is 3. The lowest BCUT2D eigenvalue weighted by molar-refractivity contribution is -0.221. The van der Waals surface area contributed by atoms with E-state index in [0.29, 0.717) is 17.2 Å². The molecule has 2 aromatic rings. The summed E-state index contributed by atoms with van der Waals surface area (Å²) in [6, 6.07) is 1.06. The molecule has 1 aliphatic heterocycles. The Morgan fingerprint density at radius 1 is 1.16 bits per heavy atom. The average Bonchev–Trinajstić information content (AvgIpc) is 3.03. The van der Waals surface area contributed by atoms with Gasteiger partial charge in [-0.15, -0.1) is 0 Å². The van der Waals surface area contributed by atoms with Gasteiger partial charge in [-0.2, -0.15) is 13.2 Å². The second-order valence-corrected chi connectivity index (χ2v) is 9.74. The van der Waals surface area contributed by atoms with Crippen molar-refractivity contribution in [1.29, 1.82) is 0 Å². The van der Waals surface area contributed by atoms with Gasteiger partial charge < -0.3 is 15.0 Å². The van der Waals surface area contributed by atoms with Crippen LogP contribution in [0.3, 0.4) is 0 Å². The van der Waals surface area contributed by atoms with Gasteiger partial charge in [0.1, 0.15) is 11.6 Å². The summed E-state index contributed by atoms with van der Waals surface area (Å²) in [4.78, 5) is 11.1. The maximum atomic E-state index is 13.3. The van der Waals surface area contributed by atoms with Crippen LogP contribution in [0.15, 0.2) is 18.5 Å². The molecule has 3 heterocycles. The summed E-state index contributed by atoms with van der Waals surface area (Å²) in [7, 11) is 0. The predicted molar refractivity (Wildman–Crippen MR) is 110 cm³/mol. The lowest BCUT2D eigenvalue weighted by Crippen LogP contribution is -2.79. The highest BCUT2D eigenvalue weighted by atomic mass is 19.4. The molecule has 9 heteroatoms. The molecule has 0 aromatic carbocycles. The van der Waals surface area contributed by atoms with Crippen LogP contribution >= 0.6 is 0 Å². The van der Waals surface area contributed by atoms with Crippen LogP contribution in [0.2, 0.25) is 0 Å². The van der Waals surface area contributed by atoms with Gasteiger partial charge in [-0.25, -0.2) is 9.97 Å². The van der Waals surface area contributed by atoms with Gasteiger partial charge in [-0.3, -0.25) is 4.90 Å². The van der Waals surface area contributed by atoms with Crippen molar-refractivity contribution in [2.45, 2.75) is 56.8 Å². The Hall–Kier alpha value is -2.13. The normalized spacial score (nSPS) is 28.5. The van der Waals surface area contributed by atoms with Crippen molar-refractivity contribution in [2.75, 3.05) is 32.0 Å². The van der Waals surface area contributed by atoms with Crippen molar-refractivity contribution in [2.24, 2.45) is 5.92 Å². The Morgan fingerprint density at radius 3 is 2.45 bits per heavy atom. The Kier molecular flexibility index (Phi) is 4.64. The molecule has 0 unspecified atom stereocenters. The number of imidazole rings is 1. The van der Waals surface area contributed by atoms with Gasteiger partial charge in [-0.1, -0.05) is 13.8 Å². The Labute approximate surface area is 179 Å². The minimum absolute atomic E-state index is 0.0296. The zero-order chi connectivity index (χ0) is 22.0. The molecule has 1 saturated heterocycles. The fourth-order valence-corrected chi connectivity index (χ4v) is 5.63. The number of hydrogen-bond donors (Lipinski definition) is 1. The molecule has 6 rings (SSSR count). The fourth-order valence-electron chi connectivity index (χ4n) is 5.63. The summed E-state index contributed by atoms with van der Waals surface area (Å²) in [6.45, 7) is 7.77. The molecule has 2 N–H and O–H groups in total. The molecular weight excluding hydrogens is 407 g/mol. The van der Waals surface area contributed by atoms with Gasteiger partial charge in [0.2, 0.25) is 0 Å². The molecular formula is C22H28F3N5O. The van der Waals surface area contributed by atoms with E-state index in [0.717, 1.165) is 63.9 Å². The molecule has 168 valence electrons. The summed E-state index contributed by atoms with van der Waals surface area (Å²) in [5.74, 6) is 0.820. The molecule has 0 spiro atoms. The summed E-state index contributed by atoms with van der Waals surface area (Å²) >= 11 is 0. The lowest BCUT2D eigenvalue weighted by Gasteiger charge is -2.74. The van der Waals surface area contributed by atoms with E-state index < -0.39 is 17.6 Å². The third-order valence-corrected chi connectivity index (χ3v) is 7.06. The highest BCUT2D eigenvalue weighted by molar-refractivity contribution is 5.62. The summed E-state index contributed by atoms with van der Waals surface area (Å²) in [5.41, 5.74) is 5.72. The molecule has 2 bridgehead atoms. The first-order chi connectivity index (χ1) is 14.6. The van der Waals surface area contributed by atoms with Gasteiger partial charge >= 0.3 is 6.18 Å². The zero-order valence-electron chi connectivity index (χ0n) is 17.9. The molecule has 0 atom stereocenters. The van der Waals surface area contributed by atoms with Crippen molar-refractivity contribution in [1.82, 2.24) is 19.4 Å². The molecule has 2 aromatic heterocycles. The van der Waals surface area contributed by atoms with Crippen molar-refractivity contribution < 1.29 is 17.9 Å². The Balaban J connectivity index is 1.45. The van der Waals surface area contributed by atoms with E-state index in [1.165, 1.54) is 6.20 Å². The number of pyridine rings is 1. The molecule has 4 fully saturated rings. The number of nitrogens with zero attached hydrogens (tertiary/aromatic N) is 4. The number of morpholine rings is 1. The number of nitrogens with two attached hydrogens (primary N) is 1. The van der Waals surface area contributed by atoms with Gasteiger partial charge in [-0.05, 0) is 31.2 Å². The standard InChI is InChI=1S/C22H28F3N5O/c1-14(2)7-18-28-17(15-8-16(22(23,24)25)19(26)27-9-15)10-30(18)21-11-20(12-21,13-21)29-3-5-31-6-4-29/h8-10,14H,3-7,11-13H2,1-2H3,(H2,26,27). The van der Waals surface area contributed by atoms with E-state index in [4.69, 9.17) is 15.5 Å². The van der Waals surface area contributed by atoms with Crippen molar-refractivity contribution in [3.05, 3.63) is 29.8 Å². The van der Waals surface area contributed by atoms with Gasteiger partial charge in [0, 0.05) is 43.0 Å². The van der Waals surface area contributed by atoms with Crippen LogP contribution in [0.4, 0.5) is 19.0 Å². The second kappa shape index (κ2) is 6.93. The van der Waals surface area contributed by atoms with E-state index in [1.54, 1.807) is 0 Å². The fraction of sp³-hybridized carbons (Fsp3) is 0.636. The summed E-state index contributed by atoms with van der Waals surface area (Å²) in [6.07, 6.45) is 2.73. The van der Waals surface area contributed by atoms with Crippen LogP contribution in [0.25, 0.3) is 11.3 Å².